The number of carboxylic acid groups (broad SMARTS) is 1. The molecular weight excluding hydrogens is 544 g/mol. The molecule has 0 aliphatic heterocycles. The fourth-order valence-electron chi connectivity index (χ4n) is 5.62. The van der Waals surface area contributed by atoms with Gasteiger partial charge in [-0.05, 0) is 64.2 Å². The molecule has 44 heavy (non-hydrogen) atoms. The van der Waals surface area contributed by atoms with Gasteiger partial charge in [-0.3, -0.25) is 9.59 Å². The molecule has 1 atom stereocenters. The zero-order chi connectivity index (χ0) is 32.2. The monoisotopic (exact) mass is 617 g/mol. The molecule has 0 saturated heterocycles. The number of hydrogen-bond acceptors (Lipinski definition) is 3. The quantitative estimate of drug-likeness (QED) is 0.0444. The summed E-state index contributed by atoms with van der Waals surface area (Å²) in [7, 11) is 0. The van der Waals surface area contributed by atoms with Gasteiger partial charge < -0.3 is 9.84 Å². The standard InChI is InChI=1S/C40H72O4/c1-3-5-7-9-11-13-15-17-19-21-23-25-27-29-31-34-38(35-33-36-39(41)42)44-40(43)37-32-30-28-26-24-22-20-18-16-14-12-10-8-6-4-2/h6,8,12,14,18,20,38H,3-5,7,9-11,13,15-17,19,21-37H2,1-2H3,(H,41,42)/b8-6-,14-12-,20-18-. The fraction of sp³-hybridized carbons (Fsp3) is 0.800. The van der Waals surface area contributed by atoms with Gasteiger partial charge in [-0.1, -0.05) is 159 Å². The summed E-state index contributed by atoms with van der Waals surface area (Å²) in [5.41, 5.74) is 0. The van der Waals surface area contributed by atoms with Crippen LogP contribution >= 0.6 is 0 Å². The van der Waals surface area contributed by atoms with Gasteiger partial charge >= 0.3 is 11.9 Å². The number of aliphatic carboxylic acids is 1. The van der Waals surface area contributed by atoms with Crippen molar-refractivity contribution in [3.05, 3.63) is 36.5 Å². The second-order valence-corrected chi connectivity index (χ2v) is 12.7. The highest BCUT2D eigenvalue weighted by molar-refractivity contribution is 5.69. The molecule has 0 aliphatic carbocycles. The highest BCUT2D eigenvalue weighted by Gasteiger charge is 2.15. The zero-order valence-electron chi connectivity index (χ0n) is 29.2. The van der Waals surface area contributed by atoms with Crippen molar-refractivity contribution in [2.75, 3.05) is 0 Å². The van der Waals surface area contributed by atoms with E-state index in [4.69, 9.17) is 9.84 Å². The van der Waals surface area contributed by atoms with Crippen LogP contribution in [0.1, 0.15) is 200 Å². The van der Waals surface area contributed by atoms with Crippen LogP contribution in [-0.4, -0.2) is 23.1 Å². The molecule has 0 heterocycles. The van der Waals surface area contributed by atoms with E-state index in [0.717, 1.165) is 57.8 Å². The predicted molar refractivity (Wildman–Crippen MR) is 190 cm³/mol. The van der Waals surface area contributed by atoms with E-state index in [1.54, 1.807) is 0 Å². The molecule has 4 heteroatoms. The molecule has 0 radical (unpaired) electrons. The third-order valence-corrected chi connectivity index (χ3v) is 8.38. The maximum atomic E-state index is 12.5. The van der Waals surface area contributed by atoms with E-state index in [-0.39, 0.29) is 18.5 Å². The Kier molecular flexibility index (Phi) is 34.1. The number of hydrogen-bond donors (Lipinski definition) is 1. The average molecular weight is 617 g/mol. The first-order valence-corrected chi connectivity index (χ1v) is 19.0. The van der Waals surface area contributed by atoms with Crippen LogP contribution < -0.4 is 0 Å². The third kappa shape index (κ3) is 34.6. The van der Waals surface area contributed by atoms with Crippen LogP contribution in [0.2, 0.25) is 0 Å². The van der Waals surface area contributed by atoms with Crippen molar-refractivity contribution in [1.29, 1.82) is 0 Å². The maximum Gasteiger partial charge on any atom is 0.306 e. The minimum absolute atomic E-state index is 0.104. The van der Waals surface area contributed by atoms with Crippen molar-refractivity contribution in [3.8, 4) is 0 Å². The van der Waals surface area contributed by atoms with Gasteiger partial charge in [0, 0.05) is 12.8 Å². The van der Waals surface area contributed by atoms with Gasteiger partial charge in [-0.15, -0.1) is 0 Å². The van der Waals surface area contributed by atoms with Crippen LogP contribution in [0.4, 0.5) is 0 Å². The number of carboxylic acids is 1. The van der Waals surface area contributed by atoms with Crippen LogP contribution in [0, 0.1) is 0 Å². The smallest absolute Gasteiger partial charge is 0.306 e. The Morgan fingerprint density at radius 2 is 0.977 bits per heavy atom. The number of ether oxygens (including phenoxy) is 1. The Morgan fingerprint density at radius 1 is 0.523 bits per heavy atom. The summed E-state index contributed by atoms with van der Waals surface area (Å²) in [6.45, 7) is 4.43. The summed E-state index contributed by atoms with van der Waals surface area (Å²) in [5, 5.41) is 9.01. The zero-order valence-corrected chi connectivity index (χ0v) is 29.2. The predicted octanol–water partition coefficient (Wildman–Crippen LogP) is 13.0. The number of unbranched alkanes of at least 4 members (excludes halogenated alkanes) is 19. The van der Waals surface area contributed by atoms with E-state index < -0.39 is 5.97 Å². The van der Waals surface area contributed by atoms with Crippen molar-refractivity contribution >= 4 is 11.9 Å². The molecule has 0 aliphatic rings. The van der Waals surface area contributed by atoms with Gasteiger partial charge in [-0.2, -0.15) is 0 Å². The van der Waals surface area contributed by atoms with Gasteiger partial charge in [0.25, 0.3) is 0 Å². The molecular formula is C40H72O4. The van der Waals surface area contributed by atoms with E-state index >= 15 is 0 Å². The second kappa shape index (κ2) is 35.6. The molecule has 0 fully saturated rings. The molecule has 1 unspecified atom stereocenters. The summed E-state index contributed by atoms with van der Waals surface area (Å²) >= 11 is 0. The van der Waals surface area contributed by atoms with Gasteiger partial charge in [0.1, 0.15) is 6.10 Å². The summed E-state index contributed by atoms with van der Waals surface area (Å²) < 4.78 is 5.82. The number of carbonyl (C=O) groups is 2. The molecule has 256 valence electrons. The van der Waals surface area contributed by atoms with Gasteiger partial charge in [0.05, 0.1) is 0 Å². The molecule has 1 N–H and O–H groups in total. The summed E-state index contributed by atoms with van der Waals surface area (Å²) in [6.07, 6.45) is 45.8. The minimum Gasteiger partial charge on any atom is -0.481 e. The highest BCUT2D eigenvalue weighted by Crippen LogP contribution is 2.18. The van der Waals surface area contributed by atoms with Crippen LogP contribution in [0.5, 0.6) is 0 Å². The topological polar surface area (TPSA) is 63.6 Å². The lowest BCUT2D eigenvalue weighted by Crippen LogP contribution is -2.18. The Balaban J connectivity index is 3.85. The van der Waals surface area contributed by atoms with Crippen LogP contribution in [0.25, 0.3) is 0 Å². The molecule has 0 bridgehead atoms. The SMILES string of the molecule is CC/C=C\C/C=C\C/C=C\CCCCCCCC(=O)OC(CCCCCCCCCCCCCCCCC)CCCC(=O)O. The highest BCUT2D eigenvalue weighted by atomic mass is 16.5. The summed E-state index contributed by atoms with van der Waals surface area (Å²) in [4.78, 5) is 23.5. The van der Waals surface area contributed by atoms with E-state index in [9.17, 15) is 9.59 Å². The Labute approximate surface area is 273 Å². The van der Waals surface area contributed by atoms with Crippen molar-refractivity contribution in [3.63, 3.8) is 0 Å². The van der Waals surface area contributed by atoms with Gasteiger partial charge in [0.2, 0.25) is 0 Å². The average Bonchev–Trinajstić information content (AvgIpc) is 3.00. The fourth-order valence-corrected chi connectivity index (χ4v) is 5.62. The first-order valence-electron chi connectivity index (χ1n) is 19.0. The Hall–Kier alpha value is -1.84. The lowest BCUT2D eigenvalue weighted by molar-refractivity contribution is -0.150. The van der Waals surface area contributed by atoms with Crippen LogP contribution in [0.3, 0.4) is 0 Å². The summed E-state index contributed by atoms with van der Waals surface area (Å²) in [5.74, 6) is -0.877. The van der Waals surface area contributed by atoms with E-state index in [0.29, 0.717) is 19.3 Å². The largest absolute Gasteiger partial charge is 0.481 e. The third-order valence-electron chi connectivity index (χ3n) is 8.38. The van der Waals surface area contributed by atoms with Gasteiger partial charge in [0.15, 0.2) is 0 Å². The minimum atomic E-state index is -0.773. The van der Waals surface area contributed by atoms with Crippen molar-refractivity contribution in [1.82, 2.24) is 0 Å². The number of allylic oxidation sites excluding steroid dienone is 6. The molecule has 0 aromatic heterocycles. The maximum absolute atomic E-state index is 12.5. The van der Waals surface area contributed by atoms with E-state index in [1.807, 2.05) is 0 Å². The van der Waals surface area contributed by atoms with Crippen LogP contribution in [-0.2, 0) is 14.3 Å². The number of rotatable bonds is 34. The lowest BCUT2D eigenvalue weighted by Gasteiger charge is -2.18. The normalized spacial score (nSPS) is 12.6. The lowest BCUT2D eigenvalue weighted by atomic mass is 10.0. The van der Waals surface area contributed by atoms with E-state index in [1.165, 1.54) is 103 Å². The van der Waals surface area contributed by atoms with Crippen molar-refractivity contribution in [2.24, 2.45) is 0 Å². The van der Waals surface area contributed by atoms with Gasteiger partial charge in [-0.25, -0.2) is 0 Å². The first kappa shape index (κ1) is 42.2. The molecule has 0 aromatic rings. The first-order chi connectivity index (χ1) is 21.6. The molecule has 4 nitrogen and oxygen atoms in total. The molecule has 0 spiro atoms. The second-order valence-electron chi connectivity index (χ2n) is 12.7. The Morgan fingerprint density at radius 3 is 1.52 bits per heavy atom. The molecule has 0 amide bonds. The summed E-state index contributed by atoms with van der Waals surface area (Å²) in [6, 6.07) is 0. The number of carbonyl (C=O) groups excluding carboxylic acids is 1. The van der Waals surface area contributed by atoms with Crippen LogP contribution in [0.15, 0.2) is 36.5 Å². The molecule has 0 saturated carbocycles. The Bertz CT molecular complexity index is 708. The van der Waals surface area contributed by atoms with E-state index in [2.05, 4.69) is 50.3 Å². The molecule has 0 rings (SSSR count). The van der Waals surface area contributed by atoms with Crippen molar-refractivity contribution in [2.45, 2.75) is 206 Å². The molecule has 0 aromatic carbocycles. The number of esters is 1. The van der Waals surface area contributed by atoms with Crippen molar-refractivity contribution < 1.29 is 19.4 Å².